The second-order valence-corrected chi connectivity index (χ2v) is 8.96. The number of halogens is 2. The first-order chi connectivity index (χ1) is 13.3. The summed E-state index contributed by atoms with van der Waals surface area (Å²) < 4.78 is 32.8. The van der Waals surface area contributed by atoms with E-state index in [1.807, 2.05) is 6.92 Å². The Balaban J connectivity index is 2.06. The van der Waals surface area contributed by atoms with Crippen molar-refractivity contribution in [3.05, 3.63) is 75.4 Å². The molecule has 2 aromatic carbocycles. The van der Waals surface area contributed by atoms with Gasteiger partial charge in [0.05, 0.1) is 27.6 Å². The van der Waals surface area contributed by atoms with Gasteiger partial charge in [-0.3, -0.25) is 4.31 Å². The average molecular weight is 440 g/mol. The van der Waals surface area contributed by atoms with Crippen LogP contribution >= 0.6 is 23.2 Å². The third-order valence-corrected chi connectivity index (χ3v) is 7.17. The predicted octanol–water partition coefficient (Wildman–Crippen LogP) is 4.88. The van der Waals surface area contributed by atoms with Crippen molar-refractivity contribution in [2.75, 3.05) is 6.61 Å². The summed E-state index contributed by atoms with van der Waals surface area (Å²) in [5.41, 5.74) is 1.88. The van der Waals surface area contributed by atoms with Crippen LogP contribution < -0.4 is 0 Å². The fraction of sp³-hybridized carbons (Fsp3) is 0.250. The van der Waals surface area contributed by atoms with E-state index in [2.05, 4.69) is 0 Å². The Hall–Kier alpha value is -2.02. The van der Waals surface area contributed by atoms with Gasteiger partial charge < -0.3 is 4.74 Å². The summed E-state index contributed by atoms with van der Waals surface area (Å²) in [6.45, 7) is 3.77. The van der Waals surface area contributed by atoms with Gasteiger partial charge in [0.2, 0.25) is 0 Å². The average Bonchev–Trinajstić information content (AvgIpc) is 2.61. The number of aryl methyl sites for hydroxylation is 1. The molecule has 1 unspecified atom stereocenters. The molecule has 1 saturated heterocycles. The van der Waals surface area contributed by atoms with Crippen molar-refractivity contribution in [2.24, 2.45) is 0 Å². The van der Waals surface area contributed by atoms with Crippen molar-refractivity contribution in [1.82, 2.24) is 4.31 Å². The lowest BCUT2D eigenvalue weighted by atomic mass is 9.94. The monoisotopic (exact) mass is 439 g/mol. The van der Waals surface area contributed by atoms with E-state index in [9.17, 15) is 13.2 Å². The number of benzene rings is 2. The molecule has 3 rings (SSSR count). The summed E-state index contributed by atoms with van der Waals surface area (Å²) in [5, 5.41) is 0.642. The molecule has 0 radical (unpaired) electrons. The SMILES string of the molecule is CCOC(=O)/C=C1/CC(c2cccc(Cl)c2Cl)N1S(=O)(=O)c1ccc(C)cc1. The predicted molar refractivity (Wildman–Crippen MR) is 109 cm³/mol. The molecule has 28 heavy (non-hydrogen) atoms. The fourth-order valence-corrected chi connectivity index (χ4v) is 5.16. The number of carbonyl (C=O) groups is 1. The van der Waals surface area contributed by atoms with Crippen LogP contribution in [0.5, 0.6) is 0 Å². The molecule has 0 N–H and O–H groups in total. The Labute approximate surface area is 174 Å². The van der Waals surface area contributed by atoms with Gasteiger partial charge in [0.1, 0.15) is 0 Å². The van der Waals surface area contributed by atoms with Crippen LogP contribution in [0.1, 0.15) is 30.5 Å². The Morgan fingerprint density at radius 3 is 2.54 bits per heavy atom. The third kappa shape index (κ3) is 3.90. The number of hydrogen-bond donors (Lipinski definition) is 0. The number of carbonyl (C=O) groups excluding carboxylic acids is 1. The van der Waals surface area contributed by atoms with Crippen LogP contribution in [0, 0.1) is 6.92 Å². The molecule has 148 valence electrons. The van der Waals surface area contributed by atoms with E-state index in [0.29, 0.717) is 27.7 Å². The number of nitrogens with zero attached hydrogens (tertiary/aromatic N) is 1. The van der Waals surface area contributed by atoms with Gasteiger partial charge in [-0.2, -0.15) is 0 Å². The summed E-state index contributed by atoms with van der Waals surface area (Å²) in [6.07, 6.45) is 1.54. The topological polar surface area (TPSA) is 63.7 Å². The molecule has 8 heteroatoms. The maximum absolute atomic E-state index is 13.3. The summed E-state index contributed by atoms with van der Waals surface area (Å²) in [4.78, 5) is 12.0. The first-order valence-corrected chi connectivity index (χ1v) is 10.9. The Bertz CT molecular complexity index is 1030. The lowest BCUT2D eigenvalue weighted by Gasteiger charge is -2.44. The van der Waals surface area contributed by atoms with Gasteiger partial charge in [-0.1, -0.05) is 53.0 Å². The molecule has 1 fully saturated rings. The van der Waals surface area contributed by atoms with Gasteiger partial charge in [-0.05, 0) is 37.6 Å². The highest BCUT2D eigenvalue weighted by Gasteiger charge is 2.44. The summed E-state index contributed by atoms with van der Waals surface area (Å²) >= 11 is 12.4. The summed E-state index contributed by atoms with van der Waals surface area (Å²) in [5.74, 6) is -0.586. The highest BCUT2D eigenvalue weighted by molar-refractivity contribution is 7.89. The number of sulfonamides is 1. The van der Waals surface area contributed by atoms with Crippen LogP contribution in [0.3, 0.4) is 0 Å². The van der Waals surface area contributed by atoms with Gasteiger partial charge in [-0.15, -0.1) is 0 Å². The maximum atomic E-state index is 13.3. The lowest BCUT2D eigenvalue weighted by molar-refractivity contribution is -0.137. The zero-order chi connectivity index (χ0) is 20.5. The molecule has 0 saturated carbocycles. The van der Waals surface area contributed by atoms with Crippen LogP contribution in [-0.4, -0.2) is 25.3 Å². The molecule has 2 aromatic rings. The molecule has 1 aliphatic rings. The van der Waals surface area contributed by atoms with Crippen LogP contribution in [0.2, 0.25) is 10.0 Å². The zero-order valence-electron chi connectivity index (χ0n) is 15.4. The molecule has 1 heterocycles. The second kappa shape index (κ2) is 8.15. The van der Waals surface area contributed by atoms with Crippen molar-refractivity contribution in [3.63, 3.8) is 0 Å². The normalized spacial score (nSPS) is 18.1. The van der Waals surface area contributed by atoms with Gasteiger partial charge >= 0.3 is 5.97 Å². The molecule has 0 bridgehead atoms. The molecule has 0 spiro atoms. The Morgan fingerprint density at radius 1 is 1.21 bits per heavy atom. The molecule has 0 aromatic heterocycles. The van der Waals surface area contributed by atoms with E-state index in [4.69, 9.17) is 27.9 Å². The Kier molecular flexibility index (Phi) is 6.03. The standard InChI is InChI=1S/C20H19Cl2NO4S/c1-3-27-19(24)12-14-11-18(16-5-4-6-17(21)20(16)22)23(14)28(25,26)15-9-7-13(2)8-10-15/h4-10,12,18H,3,11H2,1-2H3/b14-12-. The second-order valence-electron chi connectivity index (χ2n) is 6.36. The van der Waals surface area contributed by atoms with Crippen LogP contribution in [0.4, 0.5) is 0 Å². The van der Waals surface area contributed by atoms with Crippen molar-refractivity contribution in [1.29, 1.82) is 0 Å². The van der Waals surface area contributed by atoms with Crippen molar-refractivity contribution >= 4 is 39.2 Å². The summed E-state index contributed by atoms with van der Waals surface area (Å²) in [7, 11) is -3.90. The smallest absolute Gasteiger partial charge is 0.332 e. The van der Waals surface area contributed by atoms with E-state index >= 15 is 0 Å². The molecule has 0 aliphatic carbocycles. The minimum Gasteiger partial charge on any atom is -0.463 e. The van der Waals surface area contributed by atoms with Crippen molar-refractivity contribution in [2.45, 2.75) is 31.2 Å². The zero-order valence-corrected chi connectivity index (χ0v) is 17.7. The summed E-state index contributed by atoms with van der Waals surface area (Å²) in [6, 6.07) is 11.1. The van der Waals surface area contributed by atoms with Crippen LogP contribution in [-0.2, 0) is 19.6 Å². The molecule has 0 amide bonds. The number of rotatable bonds is 5. The third-order valence-electron chi connectivity index (χ3n) is 4.46. The van der Waals surface area contributed by atoms with Gasteiger partial charge in [-0.25, -0.2) is 13.2 Å². The van der Waals surface area contributed by atoms with Crippen molar-refractivity contribution in [3.8, 4) is 0 Å². The lowest BCUT2D eigenvalue weighted by Crippen LogP contribution is -2.43. The minimum atomic E-state index is -3.90. The quantitative estimate of drug-likeness (QED) is 0.491. The van der Waals surface area contributed by atoms with E-state index in [1.165, 1.54) is 10.4 Å². The van der Waals surface area contributed by atoms with E-state index in [0.717, 1.165) is 5.56 Å². The highest BCUT2D eigenvalue weighted by atomic mass is 35.5. The largest absolute Gasteiger partial charge is 0.463 e. The molecule has 5 nitrogen and oxygen atoms in total. The van der Waals surface area contributed by atoms with Gasteiger partial charge in [0, 0.05) is 18.2 Å². The van der Waals surface area contributed by atoms with E-state index in [1.54, 1.807) is 49.4 Å². The van der Waals surface area contributed by atoms with Gasteiger partial charge in [0.25, 0.3) is 10.0 Å². The number of ether oxygens (including phenoxy) is 1. The number of hydrogen-bond acceptors (Lipinski definition) is 4. The van der Waals surface area contributed by atoms with Crippen molar-refractivity contribution < 1.29 is 17.9 Å². The first kappa shape index (κ1) is 20.7. The first-order valence-electron chi connectivity index (χ1n) is 8.68. The van der Waals surface area contributed by atoms with E-state index < -0.39 is 22.0 Å². The fourth-order valence-electron chi connectivity index (χ4n) is 3.06. The van der Waals surface area contributed by atoms with Crippen LogP contribution in [0.25, 0.3) is 0 Å². The van der Waals surface area contributed by atoms with E-state index in [-0.39, 0.29) is 11.5 Å². The molecular weight excluding hydrogens is 421 g/mol. The highest BCUT2D eigenvalue weighted by Crippen LogP contribution is 2.48. The minimum absolute atomic E-state index is 0.135. The molecule has 1 aliphatic heterocycles. The molecular formula is C20H19Cl2NO4S. The number of esters is 1. The van der Waals surface area contributed by atoms with Crippen LogP contribution in [0.15, 0.2) is 59.1 Å². The Morgan fingerprint density at radius 2 is 1.89 bits per heavy atom. The van der Waals surface area contributed by atoms with Gasteiger partial charge in [0.15, 0.2) is 0 Å². The molecule has 1 atom stereocenters. The maximum Gasteiger partial charge on any atom is 0.332 e.